The average Bonchev–Trinajstić information content (AvgIpc) is 2.19. The molecule has 0 aromatic carbocycles. The van der Waals surface area contributed by atoms with Crippen LogP contribution in [0.5, 0.6) is 0 Å². The van der Waals surface area contributed by atoms with Crippen molar-refractivity contribution in [3.05, 3.63) is 0 Å². The molecule has 2 heteroatoms. The lowest BCUT2D eigenvalue weighted by atomic mass is 9.91. The lowest BCUT2D eigenvalue weighted by Crippen LogP contribution is -2.34. The fourth-order valence-electron chi connectivity index (χ4n) is 2.20. The van der Waals surface area contributed by atoms with Gasteiger partial charge in [0.1, 0.15) is 0 Å². The Labute approximate surface area is 88.2 Å². The van der Waals surface area contributed by atoms with Crippen LogP contribution < -0.4 is 5.73 Å². The Morgan fingerprint density at radius 2 is 2.21 bits per heavy atom. The van der Waals surface area contributed by atoms with Crippen LogP contribution in [0.25, 0.3) is 0 Å². The van der Waals surface area contributed by atoms with Crippen LogP contribution in [0.1, 0.15) is 52.4 Å². The summed E-state index contributed by atoms with van der Waals surface area (Å²) in [5.41, 5.74) is 6.15. The second-order valence-corrected chi connectivity index (χ2v) is 4.65. The molecule has 0 saturated carbocycles. The van der Waals surface area contributed by atoms with Crippen LogP contribution in [0.4, 0.5) is 0 Å². The van der Waals surface area contributed by atoms with Gasteiger partial charge in [0.05, 0.1) is 6.10 Å². The van der Waals surface area contributed by atoms with Crippen LogP contribution in [-0.4, -0.2) is 18.8 Å². The van der Waals surface area contributed by atoms with Gasteiger partial charge in [-0.1, -0.05) is 20.3 Å². The second-order valence-electron chi connectivity index (χ2n) is 4.65. The van der Waals surface area contributed by atoms with Crippen molar-refractivity contribution in [3.8, 4) is 0 Å². The molecule has 0 aromatic heterocycles. The molecule has 2 N–H and O–H groups in total. The lowest BCUT2D eigenvalue weighted by molar-refractivity contribution is 0.00426. The third kappa shape index (κ3) is 3.97. The SMILES string of the molecule is CCCC(C)C(N)CC1CCCCO1. The molecular formula is C12H25NO. The number of hydrogen-bond donors (Lipinski definition) is 1. The lowest BCUT2D eigenvalue weighted by Gasteiger charge is -2.27. The van der Waals surface area contributed by atoms with Gasteiger partial charge in [-0.3, -0.25) is 0 Å². The highest BCUT2D eigenvalue weighted by Gasteiger charge is 2.20. The minimum Gasteiger partial charge on any atom is -0.378 e. The summed E-state index contributed by atoms with van der Waals surface area (Å²) in [7, 11) is 0. The Hall–Kier alpha value is -0.0800. The normalized spacial score (nSPS) is 27.2. The fraction of sp³-hybridized carbons (Fsp3) is 1.00. The van der Waals surface area contributed by atoms with Crippen molar-refractivity contribution < 1.29 is 4.74 Å². The van der Waals surface area contributed by atoms with Crippen molar-refractivity contribution in [2.24, 2.45) is 11.7 Å². The Balaban J connectivity index is 2.20. The maximum atomic E-state index is 6.15. The molecule has 14 heavy (non-hydrogen) atoms. The average molecular weight is 199 g/mol. The van der Waals surface area contributed by atoms with Crippen molar-refractivity contribution in [1.29, 1.82) is 0 Å². The van der Waals surface area contributed by atoms with E-state index in [9.17, 15) is 0 Å². The highest BCUT2D eigenvalue weighted by Crippen LogP contribution is 2.20. The van der Waals surface area contributed by atoms with Crippen LogP contribution in [-0.2, 0) is 4.74 Å². The minimum atomic E-state index is 0.332. The van der Waals surface area contributed by atoms with Gasteiger partial charge in [0.2, 0.25) is 0 Å². The second kappa shape index (κ2) is 6.41. The summed E-state index contributed by atoms with van der Waals surface area (Å²) >= 11 is 0. The molecule has 1 heterocycles. The van der Waals surface area contributed by atoms with Crippen LogP contribution in [0.2, 0.25) is 0 Å². The van der Waals surface area contributed by atoms with Gasteiger partial charge in [-0.05, 0) is 38.0 Å². The fourth-order valence-corrected chi connectivity index (χ4v) is 2.20. The standard InChI is InChI=1S/C12H25NO/c1-3-6-10(2)12(13)9-11-7-4-5-8-14-11/h10-12H,3-9,13H2,1-2H3. The molecule has 3 unspecified atom stereocenters. The molecule has 0 aliphatic carbocycles. The Kier molecular flexibility index (Phi) is 5.49. The third-order valence-electron chi connectivity index (χ3n) is 3.28. The molecule has 84 valence electrons. The first-order chi connectivity index (χ1) is 6.74. The minimum absolute atomic E-state index is 0.332. The summed E-state index contributed by atoms with van der Waals surface area (Å²) in [5, 5.41) is 0. The van der Waals surface area contributed by atoms with Gasteiger partial charge in [-0.25, -0.2) is 0 Å². The van der Waals surface area contributed by atoms with Crippen molar-refractivity contribution in [3.63, 3.8) is 0 Å². The summed E-state index contributed by atoms with van der Waals surface area (Å²) < 4.78 is 5.70. The van der Waals surface area contributed by atoms with Gasteiger partial charge in [0.15, 0.2) is 0 Å². The summed E-state index contributed by atoms with van der Waals surface area (Å²) in [4.78, 5) is 0. The van der Waals surface area contributed by atoms with E-state index < -0.39 is 0 Å². The first-order valence-electron chi connectivity index (χ1n) is 6.11. The van der Waals surface area contributed by atoms with E-state index in [2.05, 4.69) is 13.8 Å². The van der Waals surface area contributed by atoms with Gasteiger partial charge in [0, 0.05) is 12.6 Å². The summed E-state index contributed by atoms with van der Waals surface area (Å²) in [6.45, 7) is 5.43. The van der Waals surface area contributed by atoms with Crippen molar-refractivity contribution in [2.75, 3.05) is 6.61 Å². The van der Waals surface area contributed by atoms with Gasteiger partial charge >= 0.3 is 0 Å². The molecule has 1 saturated heterocycles. The molecule has 0 radical (unpaired) electrons. The third-order valence-corrected chi connectivity index (χ3v) is 3.28. The van der Waals surface area contributed by atoms with Crippen LogP contribution >= 0.6 is 0 Å². The molecular weight excluding hydrogens is 174 g/mol. The summed E-state index contributed by atoms with van der Waals surface area (Å²) in [6, 6.07) is 0.332. The van der Waals surface area contributed by atoms with Crippen molar-refractivity contribution in [2.45, 2.75) is 64.5 Å². The predicted octanol–water partition coefficient (Wildman–Crippen LogP) is 2.71. The zero-order valence-corrected chi connectivity index (χ0v) is 9.67. The topological polar surface area (TPSA) is 35.2 Å². The maximum Gasteiger partial charge on any atom is 0.0590 e. The zero-order valence-electron chi connectivity index (χ0n) is 9.67. The number of hydrogen-bond acceptors (Lipinski definition) is 2. The highest BCUT2D eigenvalue weighted by molar-refractivity contribution is 4.75. The van der Waals surface area contributed by atoms with Crippen LogP contribution in [0, 0.1) is 5.92 Å². The quantitative estimate of drug-likeness (QED) is 0.739. The Bertz CT molecular complexity index is 143. The Morgan fingerprint density at radius 3 is 2.79 bits per heavy atom. The largest absolute Gasteiger partial charge is 0.378 e. The molecule has 3 atom stereocenters. The van der Waals surface area contributed by atoms with Crippen molar-refractivity contribution >= 4 is 0 Å². The number of nitrogens with two attached hydrogens (primary N) is 1. The van der Waals surface area contributed by atoms with Gasteiger partial charge in [0.25, 0.3) is 0 Å². The maximum absolute atomic E-state index is 6.15. The first kappa shape index (κ1) is 12.0. The molecule has 0 aromatic rings. The Morgan fingerprint density at radius 1 is 1.43 bits per heavy atom. The van der Waals surface area contributed by atoms with E-state index in [1.807, 2.05) is 0 Å². The van der Waals surface area contributed by atoms with Crippen LogP contribution in [0.3, 0.4) is 0 Å². The summed E-state index contributed by atoms with van der Waals surface area (Å²) in [5.74, 6) is 0.644. The smallest absolute Gasteiger partial charge is 0.0590 e. The summed E-state index contributed by atoms with van der Waals surface area (Å²) in [6.07, 6.45) is 7.75. The monoisotopic (exact) mass is 199 g/mol. The molecule has 2 nitrogen and oxygen atoms in total. The molecule has 0 spiro atoms. The van der Waals surface area contributed by atoms with Gasteiger partial charge < -0.3 is 10.5 Å². The number of ether oxygens (including phenoxy) is 1. The molecule has 0 amide bonds. The van der Waals surface area contributed by atoms with E-state index in [1.54, 1.807) is 0 Å². The van der Waals surface area contributed by atoms with E-state index in [-0.39, 0.29) is 0 Å². The van der Waals surface area contributed by atoms with E-state index in [4.69, 9.17) is 10.5 Å². The van der Waals surface area contributed by atoms with Gasteiger partial charge in [-0.2, -0.15) is 0 Å². The van der Waals surface area contributed by atoms with Gasteiger partial charge in [-0.15, -0.1) is 0 Å². The molecule has 0 bridgehead atoms. The zero-order chi connectivity index (χ0) is 10.4. The molecule has 1 aliphatic heterocycles. The molecule has 1 fully saturated rings. The highest BCUT2D eigenvalue weighted by atomic mass is 16.5. The van der Waals surface area contributed by atoms with E-state index >= 15 is 0 Å². The number of rotatable bonds is 5. The van der Waals surface area contributed by atoms with E-state index in [0.29, 0.717) is 18.1 Å². The molecule has 1 aliphatic rings. The van der Waals surface area contributed by atoms with Crippen LogP contribution in [0.15, 0.2) is 0 Å². The van der Waals surface area contributed by atoms with E-state index in [0.717, 1.165) is 13.0 Å². The predicted molar refractivity (Wildman–Crippen MR) is 60.3 cm³/mol. The van der Waals surface area contributed by atoms with Crippen molar-refractivity contribution in [1.82, 2.24) is 0 Å². The first-order valence-corrected chi connectivity index (χ1v) is 6.11. The van der Waals surface area contributed by atoms with E-state index in [1.165, 1.54) is 32.1 Å². The molecule has 1 rings (SSSR count).